The van der Waals surface area contributed by atoms with Crippen LogP contribution in [0.2, 0.25) is 0 Å². The van der Waals surface area contributed by atoms with Crippen LogP contribution in [0.1, 0.15) is 24.5 Å². The number of fused-ring (bicyclic) bond motifs is 1. The van der Waals surface area contributed by atoms with Gasteiger partial charge in [-0.15, -0.1) is 0 Å². The zero-order valence-corrected chi connectivity index (χ0v) is 7.17. The summed E-state index contributed by atoms with van der Waals surface area (Å²) in [5.41, 5.74) is 2.35. The summed E-state index contributed by atoms with van der Waals surface area (Å²) in [4.78, 5) is 3.71. The second-order valence-electron chi connectivity index (χ2n) is 3.54. The molecule has 1 aliphatic rings. The molecule has 0 fully saturated rings. The number of hydrogen-bond acceptors (Lipinski definition) is 0. The van der Waals surface area contributed by atoms with Gasteiger partial charge in [0, 0.05) is 18.9 Å². The van der Waals surface area contributed by atoms with E-state index in [0.717, 1.165) is 12.8 Å². The van der Waals surface area contributed by atoms with E-state index in [1.54, 1.807) is 0 Å². The summed E-state index contributed by atoms with van der Waals surface area (Å²) in [6.07, 6.45) is 2.05. The molecule has 1 aromatic rings. The standard InChI is InChI=1S/C11H11N/c1-11(12-2)8-7-9-5-3-4-6-10(9)11/h3-6H,7-8H2,1H3. The van der Waals surface area contributed by atoms with Crippen LogP contribution in [0.15, 0.2) is 24.3 Å². The van der Waals surface area contributed by atoms with Crippen molar-refractivity contribution in [1.82, 2.24) is 0 Å². The Hall–Kier alpha value is -1.29. The third-order valence-corrected chi connectivity index (χ3v) is 2.73. The van der Waals surface area contributed by atoms with Gasteiger partial charge in [-0.3, -0.25) is 0 Å². The second-order valence-corrected chi connectivity index (χ2v) is 3.54. The summed E-state index contributed by atoms with van der Waals surface area (Å²) >= 11 is 0. The van der Waals surface area contributed by atoms with E-state index in [1.807, 2.05) is 13.0 Å². The quantitative estimate of drug-likeness (QED) is 0.510. The van der Waals surface area contributed by atoms with Crippen LogP contribution >= 0.6 is 0 Å². The highest BCUT2D eigenvalue weighted by atomic mass is 14.8. The van der Waals surface area contributed by atoms with Crippen LogP contribution in [0.4, 0.5) is 0 Å². The molecule has 1 atom stereocenters. The Morgan fingerprint density at radius 1 is 1.42 bits per heavy atom. The first-order valence-electron chi connectivity index (χ1n) is 4.23. The van der Waals surface area contributed by atoms with Gasteiger partial charge in [-0.25, -0.2) is 6.57 Å². The molecule has 0 N–H and O–H groups in total. The van der Waals surface area contributed by atoms with Crippen molar-refractivity contribution in [2.75, 3.05) is 0 Å². The van der Waals surface area contributed by atoms with Crippen molar-refractivity contribution in [2.45, 2.75) is 25.3 Å². The van der Waals surface area contributed by atoms with Crippen molar-refractivity contribution >= 4 is 0 Å². The van der Waals surface area contributed by atoms with E-state index in [0.29, 0.717) is 0 Å². The number of benzene rings is 1. The minimum absolute atomic E-state index is 0.239. The van der Waals surface area contributed by atoms with Gasteiger partial charge in [0.15, 0.2) is 0 Å². The monoisotopic (exact) mass is 157 g/mol. The first-order chi connectivity index (χ1) is 5.76. The Bertz CT molecular complexity index is 348. The Morgan fingerprint density at radius 2 is 2.17 bits per heavy atom. The molecule has 0 radical (unpaired) electrons. The van der Waals surface area contributed by atoms with Gasteiger partial charge < -0.3 is 4.85 Å². The predicted octanol–water partition coefficient (Wildman–Crippen LogP) is 2.77. The van der Waals surface area contributed by atoms with Gasteiger partial charge in [0.25, 0.3) is 5.54 Å². The Morgan fingerprint density at radius 3 is 2.92 bits per heavy atom. The molecule has 1 nitrogen and oxygen atoms in total. The normalized spacial score (nSPS) is 26.3. The average molecular weight is 157 g/mol. The van der Waals surface area contributed by atoms with E-state index < -0.39 is 0 Å². The maximum atomic E-state index is 7.15. The molecule has 0 heterocycles. The summed E-state index contributed by atoms with van der Waals surface area (Å²) in [6, 6.07) is 8.29. The Kier molecular flexibility index (Phi) is 1.44. The minimum Gasteiger partial charge on any atom is -0.306 e. The zero-order chi connectivity index (χ0) is 8.60. The lowest BCUT2D eigenvalue weighted by Crippen LogP contribution is -2.11. The third-order valence-electron chi connectivity index (χ3n) is 2.73. The van der Waals surface area contributed by atoms with E-state index in [9.17, 15) is 0 Å². The molecule has 1 aliphatic carbocycles. The van der Waals surface area contributed by atoms with Crippen LogP contribution < -0.4 is 0 Å². The molecule has 0 aromatic heterocycles. The van der Waals surface area contributed by atoms with Gasteiger partial charge in [0.05, 0.1) is 0 Å². The van der Waals surface area contributed by atoms with Gasteiger partial charge in [-0.1, -0.05) is 24.3 Å². The molecule has 1 aromatic carbocycles. The molecule has 2 rings (SSSR count). The van der Waals surface area contributed by atoms with Crippen LogP contribution in [-0.4, -0.2) is 0 Å². The summed E-state index contributed by atoms with van der Waals surface area (Å²) in [5.74, 6) is 0. The summed E-state index contributed by atoms with van der Waals surface area (Å²) in [6.45, 7) is 9.19. The number of rotatable bonds is 0. The highest BCUT2D eigenvalue weighted by Crippen LogP contribution is 2.39. The molecule has 0 bridgehead atoms. The van der Waals surface area contributed by atoms with Crippen LogP contribution in [0.3, 0.4) is 0 Å². The first kappa shape index (κ1) is 7.36. The second kappa shape index (κ2) is 2.35. The summed E-state index contributed by atoms with van der Waals surface area (Å²) in [7, 11) is 0. The number of aryl methyl sites for hydroxylation is 1. The Labute approximate surface area is 72.9 Å². The van der Waals surface area contributed by atoms with E-state index in [2.05, 4.69) is 23.0 Å². The number of hydrogen-bond donors (Lipinski definition) is 0. The lowest BCUT2D eigenvalue weighted by molar-refractivity contribution is 0.584. The molecule has 0 saturated carbocycles. The summed E-state index contributed by atoms with van der Waals surface area (Å²) in [5, 5.41) is 0. The van der Waals surface area contributed by atoms with Crippen LogP contribution in [0, 0.1) is 6.57 Å². The fourth-order valence-electron chi connectivity index (χ4n) is 1.89. The van der Waals surface area contributed by atoms with Crippen molar-refractivity contribution in [3.05, 3.63) is 46.8 Å². The molecule has 12 heavy (non-hydrogen) atoms. The van der Waals surface area contributed by atoms with Crippen molar-refractivity contribution in [3.63, 3.8) is 0 Å². The van der Waals surface area contributed by atoms with Crippen molar-refractivity contribution < 1.29 is 0 Å². The van der Waals surface area contributed by atoms with E-state index >= 15 is 0 Å². The van der Waals surface area contributed by atoms with E-state index in [4.69, 9.17) is 6.57 Å². The zero-order valence-electron chi connectivity index (χ0n) is 7.17. The SMILES string of the molecule is [C-]#[N+]C1(C)CCc2ccccc21. The Balaban J connectivity index is 2.58. The third kappa shape index (κ3) is 0.848. The van der Waals surface area contributed by atoms with E-state index in [-0.39, 0.29) is 5.54 Å². The fourth-order valence-corrected chi connectivity index (χ4v) is 1.89. The molecule has 0 spiro atoms. The molecule has 0 aliphatic heterocycles. The maximum Gasteiger partial charge on any atom is 0.255 e. The van der Waals surface area contributed by atoms with Crippen molar-refractivity contribution in [3.8, 4) is 0 Å². The molecular formula is C11H11N. The highest BCUT2D eigenvalue weighted by molar-refractivity contribution is 5.40. The summed E-state index contributed by atoms with van der Waals surface area (Å²) < 4.78 is 0. The molecule has 0 amide bonds. The van der Waals surface area contributed by atoms with Crippen LogP contribution in [-0.2, 0) is 12.0 Å². The van der Waals surface area contributed by atoms with Gasteiger partial charge >= 0.3 is 0 Å². The largest absolute Gasteiger partial charge is 0.306 e. The maximum absolute atomic E-state index is 7.15. The van der Waals surface area contributed by atoms with Crippen LogP contribution in [0.25, 0.3) is 4.85 Å². The van der Waals surface area contributed by atoms with E-state index in [1.165, 1.54) is 11.1 Å². The molecule has 0 saturated heterocycles. The van der Waals surface area contributed by atoms with Gasteiger partial charge in [-0.05, 0) is 12.0 Å². The smallest absolute Gasteiger partial charge is 0.255 e. The topological polar surface area (TPSA) is 4.36 Å². The van der Waals surface area contributed by atoms with Gasteiger partial charge in [-0.2, -0.15) is 0 Å². The van der Waals surface area contributed by atoms with Crippen LogP contribution in [0.5, 0.6) is 0 Å². The number of nitrogens with zero attached hydrogens (tertiary/aromatic N) is 1. The first-order valence-corrected chi connectivity index (χ1v) is 4.23. The van der Waals surface area contributed by atoms with Gasteiger partial charge in [0.1, 0.15) is 0 Å². The lowest BCUT2D eigenvalue weighted by Gasteiger charge is -2.09. The highest BCUT2D eigenvalue weighted by Gasteiger charge is 2.39. The van der Waals surface area contributed by atoms with Crippen molar-refractivity contribution in [2.24, 2.45) is 0 Å². The molecule has 1 heteroatoms. The predicted molar refractivity (Wildman–Crippen MR) is 48.7 cm³/mol. The lowest BCUT2D eigenvalue weighted by atomic mass is 9.96. The minimum atomic E-state index is -0.239. The molecular weight excluding hydrogens is 146 g/mol. The molecule has 60 valence electrons. The van der Waals surface area contributed by atoms with Gasteiger partial charge in [0.2, 0.25) is 0 Å². The molecule has 1 unspecified atom stereocenters. The average Bonchev–Trinajstić information content (AvgIpc) is 2.46. The fraction of sp³-hybridized carbons (Fsp3) is 0.364. The van der Waals surface area contributed by atoms with Crippen molar-refractivity contribution in [1.29, 1.82) is 0 Å².